The summed E-state index contributed by atoms with van der Waals surface area (Å²) in [6.07, 6.45) is 0. The molecule has 0 aliphatic carbocycles. The molecule has 0 heterocycles. The van der Waals surface area contributed by atoms with E-state index in [-0.39, 0.29) is 69.3 Å². The molecule has 2 N–H and O–H groups in total. The van der Waals surface area contributed by atoms with E-state index < -0.39 is 11.9 Å². The normalized spacial score (nSPS) is 10.3. The van der Waals surface area contributed by atoms with E-state index in [0.717, 1.165) is 10.8 Å². The fourth-order valence-electron chi connectivity index (χ4n) is 2.42. The van der Waals surface area contributed by atoms with Crippen molar-refractivity contribution in [3.63, 3.8) is 0 Å². The number of hydrogen-bond acceptors (Lipinski definition) is 2. The molecular weight excluding hydrogens is 342 g/mol. The molecule has 0 saturated carbocycles. The maximum Gasteiger partial charge on any atom is 0.337 e. The molecule has 5 heteroatoms. The minimum absolute atomic E-state index is 0. The first-order chi connectivity index (χ1) is 9.58. The van der Waals surface area contributed by atoms with Gasteiger partial charge in [-0.25, -0.2) is 9.59 Å². The van der Waals surface area contributed by atoms with E-state index in [9.17, 15) is 14.7 Å². The van der Waals surface area contributed by atoms with Gasteiger partial charge in [0, 0.05) is 58.2 Å². The van der Waals surface area contributed by atoms with Crippen molar-refractivity contribution in [1.29, 1.82) is 0 Å². The van der Waals surface area contributed by atoms with Gasteiger partial charge in [0.15, 0.2) is 0 Å². The topological polar surface area (TPSA) is 74.6 Å². The maximum atomic E-state index is 11.4. The quantitative estimate of drug-likeness (QED) is 0.696. The Labute approximate surface area is 169 Å². The predicted octanol–water partition coefficient (Wildman–Crippen LogP) is 3.01. The van der Waals surface area contributed by atoms with Crippen molar-refractivity contribution in [2.75, 3.05) is 0 Å². The van der Waals surface area contributed by atoms with Crippen LogP contribution in [-0.4, -0.2) is 80.3 Å². The molecule has 0 spiro atoms. The van der Waals surface area contributed by atoms with E-state index in [0.29, 0.717) is 10.8 Å². The van der Waals surface area contributed by atoms with Crippen LogP contribution in [0.25, 0.3) is 21.5 Å². The predicted molar refractivity (Wildman–Crippen MR) is 81.1 cm³/mol. The van der Waals surface area contributed by atoms with Crippen molar-refractivity contribution in [2.45, 2.75) is 0 Å². The Hall–Kier alpha value is -1.07. The van der Waals surface area contributed by atoms with E-state index in [1.165, 1.54) is 6.07 Å². The maximum absolute atomic E-state index is 11.4. The number of aromatic carboxylic acids is 2. The molecule has 0 atom stereocenters. The monoisotopic (exact) mass is 351 g/mol. The van der Waals surface area contributed by atoms with Crippen LogP contribution in [0.3, 0.4) is 0 Å². The number of carboxylic acids is 2. The van der Waals surface area contributed by atoms with Crippen LogP contribution < -0.4 is 0 Å². The third-order valence-electron chi connectivity index (χ3n) is 3.33. The molecule has 0 aliphatic rings. The van der Waals surface area contributed by atoms with Gasteiger partial charge in [0.05, 0.1) is 11.1 Å². The third kappa shape index (κ3) is 2.94. The van der Waals surface area contributed by atoms with Gasteiger partial charge in [-0.3, -0.25) is 0 Å². The van der Waals surface area contributed by atoms with Gasteiger partial charge in [-0.05, 0) is 39.7 Å². The number of carbonyl (C=O) groups is 2. The van der Waals surface area contributed by atoms with Crippen LogP contribution in [0.4, 0.5) is 0 Å². The Kier molecular flexibility index (Phi) is 4.93. The molecule has 3 aromatic carbocycles. The summed E-state index contributed by atoms with van der Waals surface area (Å²) in [5, 5.41) is 21.5. The fourth-order valence-corrected chi connectivity index (χ4v) is 2.42. The SMILES string of the molecule is O=C(O)c1ccc2cc3ccccc3cc2c1C(=O)O.[Rb]. The summed E-state index contributed by atoms with van der Waals surface area (Å²) in [5.41, 5.74) is -0.360. The van der Waals surface area contributed by atoms with Crippen LogP contribution in [0.1, 0.15) is 20.7 Å². The van der Waals surface area contributed by atoms with Gasteiger partial charge in [0.1, 0.15) is 0 Å². The summed E-state index contributed by atoms with van der Waals surface area (Å²) in [7, 11) is 0. The van der Waals surface area contributed by atoms with Crippen LogP contribution in [0, 0.1) is 0 Å². The zero-order valence-electron chi connectivity index (χ0n) is 11.3. The third-order valence-corrected chi connectivity index (χ3v) is 3.33. The van der Waals surface area contributed by atoms with Gasteiger partial charge < -0.3 is 10.2 Å². The van der Waals surface area contributed by atoms with Gasteiger partial charge in [-0.15, -0.1) is 0 Å². The molecule has 3 rings (SSSR count). The Balaban J connectivity index is 0.00000161. The molecule has 4 nitrogen and oxygen atoms in total. The van der Waals surface area contributed by atoms with Gasteiger partial charge in [0.2, 0.25) is 0 Å². The molecule has 0 aliphatic heterocycles. The molecule has 0 bridgehead atoms. The molecule has 0 unspecified atom stereocenters. The Bertz CT molecular complexity index is 871. The van der Waals surface area contributed by atoms with Crippen LogP contribution in [0.15, 0.2) is 48.5 Å². The summed E-state index contributed by atoms with van der Waals surface area (Å²) in [4.78, 5) is 22.6. The van der Waals surface area contributed by atoms with Gasteiger partial charge >= 0.3 is 11.9 Å². The summed E-state index contributed by atoms with van der Waals surface area (Å²) >= 11 is 0. The molecule has 1 radical (unpaired) electrons. The smallest absolute Gasteiger partial charge is 0.337 e. The van der Waals surface area contributed by atoms with Crippen molar-refractivity contribution >= 4 is 91.7 Å². The first kappa shape index (κ1) is 16.3. The Morgan fingerprint density at radius 2 is 1.38 bits per heavy atom. The molecule has 21 heavy (non-hydrogen) atoms. The molecule has 0 fully saturated rings. The summed E-state index contributed by atoms with van der Waals surface area (Å²) in [5.74, 6) is -2.47. The second-order valence-corrected chi connectivity index (χ2v) is 4.52. The number of rotatable bonds is 2. The van der Waals surface area contributed by atoms with E-state index in [1.807, 2.05) is 30.3 Å². The summed E-state index contributed by atoms with van der Waals surface area (Å²) in [6, 6.07) is 14.1. The van der Waals surface area contributed by atoms with Crippen molar-refractivity contribution in [2.24, 2.45) is 0 Å². The number of benzene rings is 3. The number of hydrogen-bond donors (Lipinski definition) is 2. The molecule has 0 amide bonds. The van der Waals surface area contributed by atoms with Gasteiger partial charge in [0.25, 0.3) is 0 Å². The van der Waals surface area contributed by atoms with Crippen molar-refractivity contribution in [3.05, 3.63) is 59.7 Å². The second-order valence-electron chi connectivity index (χ2n) is 4.52. The largest absolute Gasteiger partial charge is 0.478 e. The first-order valence-electron chi connectivity index (χ1n) is 6.00. The van der Waals surface area contributed by atoms with E-state index in [4.69, 9.17) is 5.11 Å². The molecule has 0 aromatic heterocycles. The van der Waals surface area contributed by atoms with E-state index in [2.05, 4.69) is 0 Å². The average Bonchev–Trinajstić information content (AvgIpc) is 2.43. The molecule has 99 valence electrons. The molecule has 0 saturated heterocycles. The van der Waals surface area contributed by atoms with Crippen LogP contribution in [0.2, 0.25) is 0 Å². The van der Waals surface area contributed by atoms with Crippen LogP contribution >= 0.6 is 0 Å². The minimum Gasteiger partial charge on any atom is -0.478 e. The van der Waals surface area contributed by atoms with Gasteiger partial charge in [-0.1, -0.05) is 30.3 Å². The number of fused-ring (bicyclic) bond motifs is 2. The Morgan fingerprint density at radius 3 is 1.95 bits per heavy atom. The summed E-state index contributed by atoms with van der Waals surface area (Å²) in [6.45, 7) is 0. The second kappa shape index (κ2) is 6.36. The van der Waals surface area contributed by atoms with Crippen molar-refractivity contribution < 1.29 is 19.8 Å². The zero-order valence-corrected chi connectivity index (χ0v) is 16.2. The number of carboxylic acid groups (broad SMARTS) is 2. The van der Waals surface area contributed by atoms with E-state index in [1.54, 1.807) is 12.1 Å². The minimum atomic E-state index is -1.24. The average molecular weight is 352 g/mol. The molecule has 3 aromatic rings. The van der Waals surface area contributed by atoms with Crippen LogP contribution in [-0.2, 0) is 0 Å². The van der Waals surface area contributed by atoms with Crippen molar-refractivity contribution in [3.8, 4) is 0 Å². The van der Waals surface area contributed by atoms with Crippen molar-refractivity contribution in [1.82, 2.24) is 0 Å². The first-order valence-corrected chi connectivity index (χ1v) is 6.00. The zero-order chi connectivity index (χ0) is 14.3. The van der Waals surface area contributed by atoms with E-state index >= 15 is 0 Å². The summed E-state index contributed by atoms with van der Waals surface area (Å²) < 4.78 is 0. The molecular formula is C16H10O4Rb. The fraction of sp³-hybridized carbons (Fsp3) is 0. The standard InChI is InChI=1S/C16H10O4.Rb/c17-15(18)12-6-5-11-7-9-3-1-2-4-10(9)8-13(11)14(12)16(19)20;/h1-8H,(H,17,18)(H,19,20);. The van der Waals surface area contributed by atoms with Gasteiger partial charge in [-0.2, -0.15) is 0 Å². The Morgan fingerprint density at radius 1 is 0.762 bits per heavy atom. The van der Waals surface area contributed by atoms with Crippen LogP contribution in [0.5, 0.6) is 0 Å².